The standard InChI is InChI=1S/C17H19BrN4O3/c1-19-14(11-15(23)20(2)17(19)25)21-7-9-22(10-8-21)16(24)12-5-3-4-6-13(12)18/h3-6,11H,7-10H2,1-2H3. The minimum absolute atomic E-state index is 0.0232. The van der Waals surface area contributed by atoms with Crippen LogP contribution in [-0.2, 0) is 14.1 Å². The first-order valence-electron chi connectivity index (χ1n) is 7.96. The second-order valence-electron chi connectivity index (χ2n) is 6.00. The van der Waals surface area contributed by atoms with Crippen LogP contribution in [0, 0.1) is 0 Å². The van der Waals surface area contributed by atoms with Crippen molar-refractivity contribution >= 4 is 27.7 Å². The van der Waals surface area contributed by atoms with Crippen molar-refractivity contribution in [2.45, 2.75) is 0 Å². The van der Waals surface area contributed by atoms with Gasteiger partial charge in [0.2, 0.25) is 0 Å². The van der Waals surface area contributed by atoms with Gasteiger partial charge in [0.1, 0.15) is 5.82 Å². The van der Waals surface area contributed by atoms with Crippen LogP contribution < -0.4 is 16.1 Å². The maximum absolute atomic E-state index is 12.7. The Bertz CT molecular complexity index is 926. The molecular weight excluding hydrogens is 388 g/mol. The van der Waals surface area contributed by atoms with Crippen LogP contribution in [-0.4, -0.2) is 46.1 Å². The van der Waals surface area contributed by atoms with E-state index in [9.17, 15) is 14.4 Å². The summed E-state index contributed by atoms with van der Waals surface area (Å²) in [5.41, 5.74) is -0.0454. The third-order valence-electron chi connectivity index (χ3n) is 4.50. The van der Waals surface area contributed by atoms with Gasteiger partial charge in [0.05, 0.1) is 5.56 Å². The predicted octanol–water partition coefficient (Wildman–Crippen LogP) is 0.809. The molecule has 0 spiro atoms. The highest BCUT2D eigenvalue weighted by molar-refractivity contribution is 9.10. The Morgan fingerprint density at radius 3 is 2.28 bits per heavy atom. The highest BCUT2D eigenvalue weighted by Crippen LogP contribution is 2.20. The average Bonchev–Trinajstić information content (AvgIpc) is 2.63. The lowest BCUT2D eigenvalue weighted by Gasteiger charge is -2.36. The first kappa shape index (κ1) is 17.5. The Labute approximate surface area is 153 Å². The average molecular weight is 407 g/mol. The van der Waals surface area contributed by atoms with Crippen LogP contribution in [0.4, 0.5) is 5.82 Å². The lowest BCUT2D eigenvalue weighted by Crippen LogP contribution is -2.51. The third-order valence-corrected chi connectivity index (χ3v) is 5.19. The number of rotatable bonds is 2. The first-order valence-corrected chi connectivity index (χ1v) is 8.75. The fraction of sp³-hybridized carbons (Fsp3) is 0.353. The number of nitrogens with zero attached hydrogens (tertiary/aromatic N) is 4. The summed E-state index contributed by atoms with van der Waals surface area (Å²) in [5, 5.41) is 0. The van der Waals surface area contributed by atoms with Crippen LogP contribution in [0.15, 0.2) is 44.4 Å². The molecule has 8 heteroatoms. The van der Waals surface area contributed by atoms with Crippen LogP contribution in [0.2, 0.25) is 0 Å². The van der Waals surface area contributed by atoms with E-state index < -0.39 is 0 Å². The van der Waals surface area contributed by atoms with Gasteiger partial charge >= 0.3 is 5.69 Å². The number of hydrogen-bond donors (Lipinski definition) is 0. The summed E-state index contributed by atoms with van der Waals surface area (Å²) < 4.78 is 3.32. The van der Waals surface area contributed by atoms with Crippen LogP contribution in [0.3, 0.4) is 0 Å². The van der Waals surface area contributed by atoms with Crippen molar-refractivity contribution < 1.29 is 4.79 Å². The SMILES string of the molecule is Cn1c(N2CCN(C(=O)c3ccccc3Br)CC2)cc(=O)n(C)c1=O. The molecule has 0 radical (unpaired) electrons. The molecule has 1 aromatic heterocycles. The molecule has 2 aromatic rings. The van der Waals surface area contributed by atoms with Crippen molar-refractivity contribution in [3.05, 3.63) is 61.2 Å². The number of hydrogen-bond acceptors (Lipinski definition) is 4. The number of anilines is 1. The minimum atomic E-state index is -0.353. The zero-order valence-corrected chi connectivity index (χ0v) is 15.7. The van der Waals surface area contributed by atoms with Gasteiger partial charge < -0.3 is 9.80 Å². The van der Waals surface area contributed by atoms with Crippen LogP contribution in [0.5, 0.6) is 0 Å². The van der Waals surface area contributed by atoms with E-state index in [-0.39, 0.29) is 17.2 Å². The molecule has 0 aliphatic carbocycles. The Hall–Kier alpha value is -2.35. The highest BCUT2D eigenvalue weighted by atomic mass is 79.9. The number of piperazine rings is 1. The van der Waals surface area contributed by atoms with Crippen LogP contribution in [0.25, 0.3) is 0 Å². The normalized spacial score (nSPS) is 14.7. The molecule has 1 aromatic carbocycles. The molecule has 0 unspecified atom stereocenters. The van der Waals surface area contributed by atoms with Crippen molar-refractivity contribution in [2.75, 3.05) is 31.1 Å². The van der Waals surface area contributed by atoms with Gasteiger partial charge in [0, 0.05) is 50.8 Å². The highest BCUT2D eigenvalue weighted by Gasteiger charge is 2.25. The van der Waals surface area contributed by atoms with E-state index in [4.69, 9.17) is 0 Å². The summed E-state index contributed by atoms with van der Waals surface area (Å²) >= 11 is 3.41. The third kappa shape index (κ3) is 3.26. The largest absolute Gasteiger partial charge is 0.354 e. The minimum Gasteiger partial charge on any atom is -0.354 e. The van der Waals surface area contributed by atoms with E-state index in [0.717, 1.165) is 9.04 Å². The van der Waals surface area contributed by atoms with Gasteiger partial charge in [-0.25, -0.2) is 4.79 Å². The topological polar surface area (TPSA) is 67.5 Å². The van der Waals surface area contributed by atoms with Gasteiger partial charge in [0.15, 0.2) is 0 Å². The van der Waals surface area contributed by atoms with Gasteiger partial charge in [-0.1, -0.05) is 12.1 Å². The number of halogens is 1. The summed E-state index contributed by atoms with van der Waals surface area (Å²) in [5.74, 6) is 0.561. The Balaban J connectivity index is 1.77. The number of benzene rings is 1. The van der Waals surface area contributed by atoms with Gasteiger partial charge in [0.25, 0.3) is 11.5 Å². The number of carbonyl (C=O) groups excluding carboxylic acids is 1. The summed E-state index contributed by atoms with van der Waals surface area (Å²) in [6.45, 7) is 2.19. The molecule has 0 bridgehead atoms. The van der Waals surface area contributed by atoms with E-state index in [1.54, 1.807) is 18.0 Å². The summed E-state index contributed by atoms with van der Waals surface area (Å²) in [6, 6.07) is 8.81. The zero-order chi connectivity index (χ0) is 18.1. The summed E-state index contributed by atoms with van der Waals surface area (Å²) in [7, 11) is 3.11. The molecule has 0 N–H and O–H groups in total. The van der Waals surface area contributed by atoms with Crippen LogP contribution >= 0.6 is 15.9 Å². The second-order valence-corrected chi connectivity index (χ2v) is 6.85. The number of aromatic nitrogens is 2. The number of carbonyl (C=O) groups is 1. The van der Waals surface area contributed by atoms with Gasteiger partial charge in [-0.2, -0.15) is 0 Å². The fourth-order valence-electron chi connectivity index (χ4n) is 2.97. The van der Waals surface area contributed by atoms with E-state index in [0.29, 0.717) is 37.6 Å². The van der Waals surface area contributed by atoms with E-state index >= 15 is 0 Å². The lowest BCUT2D eigenvalue weighted by atomic mass is 10.2. The van der Waals surface area contributed by atoms with Crippen LogP contribution in [0.1, 0.15) is 10.4 Å². The molecule has 1 amide bonds. The molecule has 1 fully saturated rings. The van der Waals surface area contributed by atoms with Crippen molar-refractivity contribution in [3.63, 3.8) is 0 Å². The molecule has 1 aliphatic rings. The Kier molecular flexibility index (Phi) is 4.80. The molecule has 2 heterocycles. The second kappa shape index (κ2) is 6.87. The predicted molar refractivity (Wildman–Crippen MR) is 99.2 cm³/mol. The van der Waals surface area contributed by atoms with Crippen molar-refractivity contribution in [1.29, 1.82) is 0 Å². The lowest BCUT2D eigenvalue weighted by molar-refractivity contribution is 0.0745. The molecule has 1 saturated heterocycles. The summed E-state index contributed by atoms with van der Waals surface area (Å²) in [4.78, 5) is 40.4. The molecule has 3 rings (SSSR count). The molecule has 7 nitrogen and oxygen atoms in total. The van der Waals surface area contributed by atoms with Gasteiger partial charge in [-0.15, -0.1) is 0 Å². The van der Waals surface area contributed by atoms with Gasteiger partial charge in [-0.3, -0.25) is 18.7 Å². The van der Waals surface area contributed by atoms with Crippen molar-refractivity contribution in [2.24, 2.45) is 14.1 Å². The van der Waals surface area contributed by atoms with Crippen molar-refractivity contribution in [3.8, 4) is 0 Å². The quantitative estimate of drug-likeness (QED) is 0.739. The molecule has 132 valence electrons. The summed E-state index contributed by atoms with van der Waals surface area (Å²) in [6.07, 6.45) is 0. The van der Waals surface area contributed by atoms with E-state index in [1.807, 2.05) is 23.1 Å². The zero-order valence-electron chi connectivity index (χ0n) is 14.1. The molecular formula is C17H19BrN4O3. The smallest absolute Gasteiger partial charge is 0.332 e. The Morgan fingerprint density at radius 2 is 1.64 bits per heavy atom. The maximum Gasteiger partial charge on any atom is 0.332 e. The Morgan fingerprint density at radius 1 is 1.00 bits per heavy atom. The first-order chi connectivity index (χ1) is 11.9. The maximum atomic E-state index is 12.7. The van der Waals surface area contributed by atoms with E-state index in [2.05, 4.69) is 15.9 Å². The fourth-order valence-corrected chi connectivity index (χ4v) is 3.42. The molecule has 25 heavy (non-hydrogen) atoms. The molecule has 0 atom stereocenters. The molecule has 0 saturated carbocycles. The monoisotopic (exact) mass is 406 g/mol. The van der Waals surface area contributed by atoms with E-state index in [1.165, 1.54) is 17.7 Å². The van der Waals surface area contributed by atoms with Gasteiger partial charge in [-0.05, 0) is 28.1 Å². The number of amides is 1. The molecule has 1 aliphatic heterocycles. The van der Waals surface area contributed by atoms with Crippen molar-refractivity contribution in [1.82, 2.24) is 14.0 Å².